The third kappa shape index (κ3) is 2.67. The average molecular weight is 374 g/mol. The van der Waals surface area contributed by atoms with E-state index in [2.05, 4.69) is 20.6 Å². The van der Waals surface area contributed by atoms with E-state index < -0.39 is 0 Å². The molecule has 3 aromatic rings. The number of ether oxygens (including phenoxy) is 2. The molecule has 3 N–H and O–H groups in total. The summed E-state index contributed by atoms with van der Waals surface area (Å²) >= 11 is 0. The maximum atomic E-state index is 12.7. The van der Waals surface area contributed by atoms with Crippen LogP contribution in [0.4, 0.5) is 11.4 Å². The van der Waals surface area contributed by atoms with Gasteiger partial charge in [-0.15, -0.1) is 0 Å². The number of carbonyl (C=O) groups excluding carboxylic acids is 2. The van der Waals surface area contributed by atoms with Gasteiger partial charge in [0.2, 0.25) is 6.79 Å². The molecule has 0 unspecified atom stereocenters. The van der Waals surface area contributed by atoms with E-state index in [-0.39, 0.29) is 18.6 Å². The van der Waals surface area contributed by atoms with Crippen molar-refractivity contribution in [3.8, 4) is 11.5 Å². The standard InChI is InChI=1S/C20H14N4O4/c25-19(13-2-1-3-17-18(13)28-10-27-17)23-11-4-5-16-14(6-11)15(20(26)24-16)7-12-8-21-9-22-12/h1-9H,10H2,(H,21,22)(H,23,25)(H,24,26)/b15-7-. The van der Waals surface area contributed by atoms with Crippen LogP contribution in [0.15, 0.2) is 48.9 Å². The third-order valence-corrected chi connectivity index (χ3v) is 4.52. The number of H-pyrrole nitrogens is 1. The summed E-state index contributed by atoms with van der Waals surface area (Å²) in [7, 11) is 0. The van der Waals surface area contributed by atoms with E-state index in [1.807, 2.05) is 0 Å². The first-order valence-electron chi connectivity index (χ1n) is 8.55. The summed E-state index contributed by atoms with van der Waals surface area (Å²) in [5.41, 5.74) is 3.55. The second-order valence-electron chi connectivity index (χ2n) is 6.27. The van der Waals surface area contributed by atoms with E-state index >= 15 is 0 Å². The Morgan fingerprint density at radius 2 is 2.14 bits per heavy atom. The molecular weight excluding hydrogens is 360 g/mol. The van der Waals surface area contributed by atoms with Crippen molar-refractivity contribution in [1.29, 1.82) is 0 Å². The van der Waals surface area contributed by atoms with Gasteiger partial charge in [-0.3, -0.25) is 9.59 Å². The summed E-state index contributed by atoms with van der Waals surface area (Å²) < 4.78 is 10.7. The molecule has 8 nitrogen and oxygen atoms in total. The number of anilines is 2. The van der Waals surface area contributed by atoms with Gasteiger partial charge >= 0.3 is 0 Å². The zero-order valence-electron chi connectivity index (χ0n) is 14.5. The Balaban J connectivity index is 1.46. The van der Waals surface area contributed by atoms with Gasteiger partial charge in [-0.2, -0.15) is 0 Å². The number of nitrogens with zero attached hydrogens (tertiary/aromatic N) is 1. The molecule has 2 aliphatic heterocycles. The Bertz CT molecular complexity index is 1140. The van der Waals surface area contributed by atoms with Gasteiger partial charge in [0.25, 0.3) is 11.8 Å². The summed E-state index contributed by atoms with van der Waals surface area (Å²) in [5, 5.41) is 5.67. The van der Waals surface area contributed by atoms with Crippen molar-refractivity contribution in [3.05, 3.63) is 65.7 Å². The number of hydrogen-bond acceptors (Lipinski definition) is 5. The molecule has 28 heavy (non-hydrogen) atoms. The number of nitrogens with one attached hydrogen (secondary N) is 3. The van der Waals surface area contributed by atoms with E-state index in [1.54, 1.807) is 55.0 Å². The molecule has 2 aliphatic rings. The highest BCUT2D eigenvalue weighted by Gasteiger charge is 2.26. The van der Waals surface area contributed by atoms with Gasteiger partial charge in [-0.1, -0.05) is 6.07 Å². The third-order valence-electron chi connectivity index (χ3n) is 4.52. The summed E-state index contributed by atoms with van der Waals surface area (Å²) in [6.45, 7) is 0.0913. The molecule has 2 amide bonds. The number of benzene rings is 2. The monoisotopic (exact) mass is 374 g/mol. The fourth-order valence-corrected chi connectivity index (χ4v) is 3.22. The number of para-hydroxylation sites is 1. The number of aromatic amines is 1. The average Bonchev–Trinajstić information content (AvgIpc) is 3.43. The maximum absolute atomic E-state index is 12.7. The SMILES string of the molecule is O=C1Nc2ccc(NC(=O)c3cccc4c3OCO4)cc2/C1=C/c1cnc[nH]1. The van der Waals surface area contributed by atoms with Gasteiger partial charge in [-0.05, 0) is 36.4 Å². The maximum Gasteiger partial charge on any atom is 0.259 e. The molecule has 138 valence electrons. The summed E-state index contributed by atoms with van der Waals surface area (Å²) in [6.07, 6.45) is 4.89. The first-order valence-corrected chi connectivity index (χ1v) is 8.55. The second-order valence-corrected chi connectivity index (χ2v) is 6.27. The van der Waals surface area contributed by atoms with E-state index in [0.29, 0.717) is 45.3 Å². The zero-order chi connectivity index (χ0) is 19.1. The van der Waals surface area contributed by atoms with Crippen LogP contribution < -0.4 is 20.1 Å². The van der Waals surface area contributed by atoms with Crippen LogP contribution in [0.5, 0.6) is 11.5 Å². The Labute approximate surface area is 159 Å². The van der Waals surface area contributed by atoms with E-state index in [1.165, 1.54) is 0 Å². The number of aromatic nitrogens is 2. The van der Waals surface area contributed by atoms with Crippen LogP contribution in [0, 0.1) is 0 Å². The van der Waals surface area contributed by atoms with Crippen LogP contribution in [-0.4, -0.2) is 28.6 Å². The molecule has 0 fully saturated rings. The topological polar surface area (TPSA) is 105 Å². The molecule has 0 radical (unpaired) electrons. The zero-order valence-corrected chi connectivity index (χ0v) is 14.5. The molecule has 0 saturated carbocycles. The normalized spacial score (nSPS) is 15.4. The van der Waals surface area contributed by atoms with Gasteiger partial charge < -0.3 is 25.1 Å². The van der Waals surface area contributed by atoms with Gasteiger partial charge in [0, 0.05) is 16.9 Å². The number of fused-ring (bicyclic) bond motifs is 2. The Morgan fingerprint density at radius 1 is 1.21 bits per heavy atom. The Morgan fingerprint density at radius 3 is 3.00 bits per heavy atom. The molecule has 5 rings (SSSR count). The fraction of sp³-hybridized carbons (Fsp3) is 0.0500. The van der Waals surface area contributed by atoms with Gasteiger partial charge in [-0.25, -0.2) is 4.98 Å². The highest BCUT2D eigenvalue weighted by Crippen LogP contribution is 2.37. The Hall–Kier alpha value is -4.07. The minimum Gasteiger partial charge on any atom is -0.454 e. The van der Waals surface area contributed by atoms with Gasteiger partial charge in [0.05, 0.1) is 29.4 Å². The van der Waals surface area contributed by atoms with Crippen LogP contribution in [0.3, 0.4) is 0 Å². The molecule has 0 spiro atoms. The van der Waals surface area contributed by atoms with Crippen molar-refractivity contribution >= 4 is 34.8 Å². The highest BCUT2D eigenvalue weighted by atomic mass is 16.7. The molecule has 0 saturated heterocycles. The highest BCUT2D eigenvalue weighted by molar-refractivity contribution is 6.35. The molecule has 0 aliphatic carbocycles. The number of carbonyl (C=O) groups is 2. The Kier molecular flexibility index (Phi) is 3.61. The summed E-state index contributed by atoms with van der Waals surface area (Å²) in [5.74, 6) is 0.442. The molecule has 0 atom stereocenters. The van der Waals surface area contributed by atoms with Crippen molar-refractivity contribution in [1.82, 2.24) is 9.97 Å². The fourth-order valence-electron chi connectivity index (χ4n) is 3.22. The predicted molar refractivity (Wildman–Crippen MR) is 102 cm³/mol. The first-order chi connectivity index (χ1) is 13.7. The molecule has 0 bridgehead atoms. The largest absolute Gasteiger partial charge is 0.454 e. The van der Waals surface area contributed by atoms with Crippen LogP contribution in [0.25, 0.3) is 11.6 Å². The molecule has 1 aromatic heterocycles. The van der Waals surface area contributed by atoms with Crippen molar-refractivity contribution in [2.75, 3.05) is 17.4 Å². The lowest BCUT2D eigenvalue weighted by Crippen LogP contribution is -2.12. The van der Waals surface area contributed by atoms with E-state index in [9.17, 15) is 9.59 Å². The number of imidazole rings is 1. The lowest BCUT2D eigenvalue weighted by atomic mass is 10.0. The molecule has 2 aromatic carbocycles. The van der Waals surface area contributed by atoms with Crippen LogP contribution in [-0.2, 0) is 4.79 Å². The molecular formula is C20H14N4O4. The predicted octanol–water partition coefficient (Wildman–Crippen LogP) is 2.88. The van der Waals surface area contributed by atoms with Crippen LogP contribution >= 0.6 is 0 Å². The second kappa shape index (κ2) is 6.27. The summed E-state index contributed by atoms with van der Waals surface area (Å²) in [4.78, 5) is 31.9. The summed E-state index contributed by atoms with van der Waals surface area (Å²) in [6, 6.07) is 10.4. The van der Waals surface area contributed by atoms with Crippen molar-refractivity contribution < 1.29 is 19.1 Å². The van der Waals surface area contributed by atoms with Gasteiger partial charge in [0.1, 0.15) is 0 Å². The van der Waals surface area contributed by atoms with E-state index in [4.69, 9.17) is 9.47 Å². The van der Waals surface area contributed by atoms with Crippen molar-refractivity contribution in [2.45, 2.75) is 0 Å². The molecule has 3 heterocycles. The minimum atomic E-state index is -0.321. The first kappa shape index (κ1) is 16.1. The van der Waals surface area contributed by atoms with Crippen molar-refractivity contribution in [2.24, 2.45) is 0 Å². The lowest BCUT2D eigenvalue weighted by Gasteiger charge is -2.09. The quantitative estimate of drug-likeness (QED) is 0.612. The van der Waals surface area contributed by atoms with Crippen LogP contribution in [0.1, 0.15) is 21.6 Å². The van der Waals surface area contributed by atoms with E-state index in [0.717, 1.165) is 0 Å². The number of amides is 2. The van der Waals surface area contributed by atoms with Gasteiger partial charge in [0.15, 0.2) is 11.5 Å². The smallest absolute Gasteiger partial charge is 0.259 e. The van der Waals surface area contributed by atoms with Crippen molar-refractivity contribution in [3.63, 3.8) is 0 Å². The molecule has 8 heteroatoms. The number of hydrogen-bond donors (Lipinski definition) is 3. The van der Waals surface area contributed by atoms with Crippen LogP contribution in [0.2, 0.25) is 0 Å². The minimum absolute atomic E-state index is 0.0913. The lowest BCUT2D eigenvalue weighted by molar-refractivity contribution is -0.110. The number of rotatable bonds is 3.